The highest BCUT2D eigenvalue weighted by atomic mass is 15.1. The average molecular weight is 751 g/mol. The van der Waals surface area contributed by atoms with Crippen LogP contribution in [0.3, 0.4) is 0 Å². The van der Waals surface area contributed by atoms with Crippen LogP contribution in [0.1, 0.15) is 22.4 Å². The average Bonchev–Trinajstić information content (AvgIpc) is 4.04. The maximum Gasteiger partial charge on any atom is 0.145 e. The summed E-state index contributed by atoms with van der Waals surface area (Å²) in [7, 11) is 0. The molecule has 0 N–H and O–H groups in total. The first kappa shape index (κ1) is 32.3. The molecule has 4 nitrogen and oxygen atoms in total. The van der Waals surface area contributed by atoms with E-state index >= 15 is 0 Å². The van der Waals surface area contributed by atoms with Gasteiger partial charge >= 0.3 is 0 Å². The van der Waals surface area contributed by atoms with Crippen LogP contribution in [0.15, 0.2) is 206 Å². The van der Waals surface area contributed by atoms with Gasteiger partial charge < -0.3 is 4.57 Å². The lowest BCUT2D eigenvalue weighted by atomic mass is 9.72. The molecule has 0 atom stereocenters. The van der Waals surface area contributed by atoms with E-state index in [-0.39, 0.29) is 0 Å². The summed E-state index contributed by atoms with van der Waals surface area (Å²) in [6, 6.07) is 72.5. The summed E-state index contributed by atoms with van der Waals surface area (Å²) < 4.78 is 4.74. The Morgan fingerprint density at radius 3 is 1.71 bits per heavy atom. The van der Waals surface area contributed by atoms with Crippen LogP contribution in [-0.2, 0) is 5.41 Å². The molecular formula is C55H34N4. The van der Waals surface area contributed by atoms with Gasteiger partial charge in [0.2, 0.25) is 0 Å². The summed E-state index contributed by atoms with van der Waals surface area (Å²) in [6.45, 7) is 0. The third-order valence-corrected chi connectivity index (χ3v) is 12.8. The number of nitrogens with zero attached hydrogens (tertiary/aromatic N) is 4. The van der Waals surface area contributed by atoms with Crippen molar-refractivity contribution >= 4 is 32.8 Å². The minimum atomic E-state index is -0.504. The van der Waals surface area contributed by atoms with Crippen LogP contribution in [0.5, 0.6) is 0 Å². The van der Waals surface area contributed by atoms with Crippen molar-refractivity contribution < 1.29 is 0 Å². The second kappa shape index (κ2) is 12.1. The maximum atomic E-state index is 5.26. The van der Waals surface area contributed by atoms with Crippen molar-refractivity contribution in [1.29, 1.82) is 0 Å². The molecule has 0 saturated heterocycles. The summed E-state index contributed by atoms with van der Waals surface area (Å²) in [5, 5.41) is 2.48. The quantitative estimate of drug-likeness (QED) is 0.180. The number of pyridine rings is 1. The molecule has 2 aliphatic rings. The fourth-order valence-corrected chi connectivity index (χ4v) is 10.4. The van der Waals surface area contributed by atoms with E-state index in [1.807, 2.05) is 18.3 Å². The van der Waals surface area contributed by atoms with E-state index in [0.717, 1.165) is 50.6 Å². The molecule has 0 bridgehead atoms. The van der Waals surface area contributed by atoms with E-state index in [4.69, 9.17) is 9.97 Å². The van der Waals surface area contributed by atoms with Gasteiger partial charge in [-0.2, -0.15) is 0 Å². The van der Waals surface area contributed by atoms with Crippen LogP contribution in [-0.4, -0.2) is 19.1 Å². The molecule has 3 heterocycles. The van der Waals surface area contributed by atoms with Crippen molar-refractivity contribution in [3.63, 3.8) is 0 Å². The van der Waals surface area contributed by atoms with Gasteiger partial charge in [0.1, 0.15) is 5.82 Å². The lowest BCUT2D eigenvalue weighted by molar-refractivity contribution is 0.761. The summed E-state index contributed by atoms with van der Waals surface area (Å²) in [5.74, 6) is 0.937. The van der Waals surface area contributed by atoms with Crippen LogP contribution in [0, 0.1) is 0 Å². The van der Waals surface area contributed by atoms with Crippen molar-refractivity contribution in [1.82, 2.24) is 19.1 Å². The second-order valence-corrected chi connectivity index (χ2v) is 15.7. The van der Waals surface area contributed by atoms with Gasteiger partial charge in [-0.1, -0.05) is 152 Å². The Morgan fingerprint density at radius 1 is 0.390 bits per heavy atom. The number of para-hydroxylation sites is 3. The Labute approximate surface area is 341 Å². The van der Waals surface area contributed by atoms with Gasteiger partial charge in [-0.05, 0) is 87.5 Å². The fraction of sp³-hybridized carbons (Fsp3) is 0.0182. The van der Waals surface area contributed by atoms with Crippen LogP contribution in [0.2, 0.25) is 0 Å². The number of benzene rings is 8. The first-order valence-corrected chi connectivity index (χ1v) is 20.2. The number of imidazole rings is 1. The Kier molecular flexibility index (Phi) is 6.62. The number of fused-ring (bicyclic) bond motifs is 15. The van der Waals surface area contributed by atoms with E-state index in [1.165, 1.54) is 60.8 Å². The summed E-state index contributed by atoms with van der Waals surface area (Å²) in [4.78, 5) is 10.3. The molecule has 59 heavy (non-hydrogen) atoms. The van der Waals surface area contributed by atoms with Crippen molar-refractivity contribution in [3.8, 4) is 56.1 Å². The van der Waals surface area contributed by atoms with Gasteiger partial charge in [0.25, 0.3) is 0 Å². The van der Waals surface area contributed by atoms with Crippen molar-refractivity contribution in [2.45, 2.75) is 5.41 Å². The zero-order chi connectivity index (χ0) is 38.7. The Balaban J connectivity index is 0.972. The Hall–Kier alpha value is -7.82. The molecule has 3 aromatic heterocycles. The summed E-state index contributed by atoms with van der Waals surface area (Å²) in [5.41, 5.74) is 19.6. The molecule has 1 spiro atoms. The topological polar surface area (TPSA) is 35.6 Å². The van der Waals surface area contributed by atoms with Gasteiger partial charge in [0.15, 0.2) is 0 Å². The van der Waals surface area contributed by atoms with Crippen molar-refractivity contribution in [3.05, 3.63) is 229 Å². The number of rotatable bonds is 4. The molecule has 0 fully saturated rings. The minimum absolute atomic E-state index is 0.504. The first-order chi connectivity index (χ1) is 29.3. The molecular weight excluding hydrogens is 717 g/mol. The third-order valence-electron chi connectivity index (χ3n) is 12.8. The minimum Gasteiger partial charge on any atom is -0.309 e. The molecule has 0 saturated carbocycles. The molecule has 274 valence electrons. The molecule has 8 aromatic carbocycles. The molecule has 11 aromatic rings. The highest BCUT2D eigenvalue weighted by Crippen LogP contribution is 2.63. The van der Waals surface area contributed by atoms with Gasteiger partial charge in [-0.25, -0.2) is 4.98 Å². The van der Waals surface area contributed by atoms with Gasteiger partial charge in [-0.3, -0.25) is 9.55 Å². The fourth-order valence-electron chi connectivity index (χ4n) is 10.4. The highest BCUT2D eigenvalue weighted by Gasteiger charge is 2.53. The molecule has 0 aliphatic heterocycles. The van der Waals surface area contributed by atoms with Gasteiger partial charge in [0.05, 0.1) is 33.2 Å². The Bertz CT molecular complexity index is 3440. The van der Waals surface area contributed by atoms with E-state index < -0.39 is 5.41 Å². The third kappa shape index (κ3) is 4.32. The normalized spacial score (nSPS) is 13.2. The number of aromatic nitrogens is 4. The van der Waals surface area contributed by atoms with E-state index in [0.29, 0.717) is 0 Å². The summed E-state index contributed by atoms with van der Waals surface area (Å²) >= 11 is 0. The smallest absolute Gasteiger partial charge is 0.145 e. The Morgan fingerprint density at radius 2 is 0.983 bits per heavy atom. The lowest BCUT2D eigenvalue weighted by Crippen LogP contribution is -2.26. The lowest BCUT2D eigenvalue weighted by Gasteiger charge is -2.29. The zero-order valence-corrected chi connectivity index (χ0v) is 31.9. The summed E-state index contributed by atoms with van der Waals surface area (Å²) in [6.07, 6.45) is 1.97. The molecule has 0 amide bonds. The van der Waals surface area contributed by atoms with E-state index in [1.54, 1.807) is 0 Å². The largest absolute Gasteiger partial charge is 0.309 e. The SMILES string of the molecule is c1ccc(-c2nc3ccccc3n2-c2ccc(-c3ccc(-n4c5ccccc5c5ccc6c(c54)-c4cccnc4C64c5ccccc5-c5ccccc54)cc3)cc2)cc1. The molecule has 0 radical (unpaired) electrons. The van der Waals surface area contributed by atoms with E-state index in [9.17, 15) is 0 Å². The number of hydrogen-bond acceptors (Lipinski definition) is 2. The predicted molar refractivity (Wildman–Crippen MR) is 240 cm³/mol. The molecule has 13 rings (SSSR count). The molecule has 2 aliphatic carbocycles. The van der Waals surface area contributed by atoms with E-state index in [2.05, 4.69) is 197 Å². The van der Waals surface area contributed by atoms with Crippen molar-refractivity contribution in [2.24, 2.45) is 0 Å². The van der Waals surface area contributed by atoms with Crippen molar-refractivity contribution in [2.75, 3.05) is 0 Å². The first-order valence-electron chi connectivity index (χ1n) is 20.2. The maximum absolute atomic E-state index is 5.26. The molecule has 0 unspecified atom stereocenters. The zero-order valence-electron chi connectivity index (χ0n) is 31.9. The molecule has 4 heteroatoms. The monoisotopic (exact) mass is 750 g/mol. The highest BCUT2D eigenvalue weighted by molar-refractivity contribution is 6.16. The second-order valence-electron chi connectivity index (χ2n) is 15.7. The van der Waals surface area contributed by atoms with Gasteiger partial charge in [-0.15, -0.1) is 0 Å². The van der Waals surface area contributed by atoms with Crippen LogP contribution >= 0.6 is 0 Å². The van der Waals surface area contributed by atoms with Crippen LogP contribution in [0.4, 0.5) is 0 Å². The predicted octanol–water partition coefficient (Wildman–Crippen LogP) is 13.2. The van der Waals surface area contributed by atoms with Crippen LogP contribution in [0.25, 0.3) is 89.0 Å². The number of hydrogen-bond donors (Lipinski definition) is 0. The van der Waals surface area contributed by atoms with Crippen LogP contribution < -0.4 is 0 Å². The van der Waals surface area contributed by atoms with Gasteiger partial charge in [0, 0.05) is 45.0 Å². The standard InChI is InChI=1S/C55H34N4/c1-2-13-37(14-3-1)54-57-48-21-9-11-23-50(48)59(54)39-30-26-36(27-31-39)35-24-28-38(29-25-35)58-49-22-10-6-17-42(49)43-32-33-47-51(52(43)58)44-18-12-34-56-53(44)55(47)45-19-7-4-15-40(45)41-16-5-8-20-46(41)55/h1-34H.